The molecule has 0 saturated heterocycles. The van der Waals surface area contributed by atoms with Crippen LogP contribution in [0.2, 0.25) is 0 Å². The van der Waals surface area contributed by atoms with Crippen molar-refractivity contribution in [2.24, 2.45) is 6.98 Å². The zero-order valence-electron chi connectivity index (χ0n) is 17.0. The molecule has 5 rings (SSSR count). The molecule has 4 aromatic heterocycles. The molecule has 0 amide bonds. The van der Waals surface area contributed by atoms with Crippen LogP contribution in [-0.2, 0) is 6.98 Å². The quantitative estimate of drug-likeness (QED) is 0.491. The summed E-state index contributed by atoms with van der Waals surface area (Å²) in [6.07, 6.45) is 5.17. The monoisotopic (exact) mass is 343 g/mol. The molecule has 0 bridgehead atoms. The van der Waals surface area contributed by atoms with Crippen LogP contribution in [0.25, 0.3) is 39.3 Å². The number of hydrogen-bond acceptors (Lipinski definition) is 4. The van der Waals surface area contributed by atoms with Gasteiger partial charge in [-0.2, -0.15) is 5.10 Å². The molecule has 0 radical (unpaired) electrons. The molecule has 0 unspecified atom stereocenters. The summed E-state index contributed by atoms with van der Waals surface area (Å²) in [7, 11) is 0. The highest BCUT2D eigenvalue weighted by Gasteiger charge is 2.18. The number of imidazole rings is 1. The van der Waals surface area contributed by atoms with Crippen LogP contribution in [-0.4, -0.2) is 29.1 Å². The molecular formula is C20H16N6. The SMILES string of the molecule is [2H]C([2H])([2H])n1ncc2cc(-c3c(-c4cccc(C)n4)nc4ncccn34)ccc21. The zero-order valence-corrected chi connectivity index (χ0v) is 14.0. The smallest absolute Gasteiger partial charge is 0.234 e. The molecular weight excluding hydrogens is 324 g/mol. The standard InChI is InChI=1S/C20H16N6/c1-13-5-3-6-16(23-13)18-19(26-10-4-9-21-20(26)24-18)14-7-8-17-15(11-14)12-22-25(17)2/h3-12H,1-2H3/i2D3. The van der Waals surface area contributed by atoms with E-state index >= 15 is 0 Å². The summed E-state index contributed by atoms with van der Waals surface area (Å²) in [5.41, 5.74) is 4.64. The fraction of sp³-hybridized carbons (Fsp3) is 0.100. The normalized spacial score (nSPS) is 13.7. The molecule has 126 valence electrons. The van der Waals surface area contributed by atoms with E-state index in [1.54, 1.807) is 18.5 Å². The van der Waals surface area contributed by atoms with Crippen LogP contribution in [0, 0.1) is 6.92 Å². The number of rotatable bonds is 2. The second-order valence-corrected chi connectivity index (χ2v) is 6.09. The van der Waals surface area contributed by atoms with Gasteiger partial charge >= 0.3 is 0 Å². The Kier molecular flexibility index (Phi) is 2.52. The third-order valence-electron chi connectivity index (χ3n) is 4.38. The lowest BCUT2D eigenvalue weighted by Gasteiger charge is -2.06. The van der Waals surface area contributed by atoms with Gasteiger partial charge in [0.1, 0.15) is 5.69 Å². The topological polar surface area (TPSA) is 60.9 Å². The first-order valence-electron chi connectivity index (χ1n) is 9.67. The third kappa shape index (κ3) is 2.19. The maximum Gasteiger partial charge on any atom is 0.234 e. The maximum absolute atomic E-state index is 7.64. The molecule has 26 heavy (non-hydrogen) atoms. The maximum atomic E-state index is 7.64. The van der Waals surface area contributed by atoms with Crippen LogP contribution in [0.1, 0.15) is 9.81 Å². The fourth-order valence-electron chi connectivity index (χ4n) is 3.20. The number of pyridine rings is 1. The van der Waals surface area contributed by atoms with Gasteiger partial charge in [-0.05, 0) is 37.3 Å². The highest BCUT2D eigenvalue weighted by atomic mass is 15.2. The summed E-state index contributed by atoms with van der Waals surface area (Å²) in [4.78, 5) is 13.7. The van der Waals surface area contributed by atoms with E-state index in [1.165, 1.54) is 0 Å². The highest BCUT2D eigenvalue weighted by molar-refractivity contribution is 5.88. The van der Waals surface area contributed by atoms with E-state index < -0.39 is 6.98 Å². The molecule has 5 aromatic rings. The predicted molar refractivity (Wildman–Crippen MR) is 101 cm³/mol. The van der Waals surface area contributed by atoms with Crippen molar-refractivity contribution in [2.45, 2.75) is 6.92 Å². The first kappa shape index (κ1) is 11.9. The van der Waals surface area contributed by atoms with Gasteiger partial charge < -0.3 is 0 Å². The number of fused-ring (bicyclic) bond motifs is 2. The molecule has 0 spiro atoms. The van der Waals surface area contributed by atoms with Gasteiger partial charge in [0, 0.05) is 40.1 Å². The summed E-state index contributed by atoms with van der Waals surface area (Å²) in [6, 6.07) is 13.2. The minimum atomic E-state index is -2.33. The lowest BCUT2D eigenvalue weighted by atomic mass is 10.1. The van der Waals surface area contributed by atoms with Crippen LogP contribution >= 0.6 is 0 Å². The van der Waals surface area contributed by atoms with Crippen molar-refractivity contribution in [2.75, 3.05) is 0 Å². The Labute approximate surface area is 154 Å². The molecule has 0 aliphatic carbocycles. The Morgan fingerprint density at radius 1 is 1.08 bits per heavy atom. The van der Waals surface area contributed by atoms with E-state index in [2.05, 4.69) is 15.1 Å². The molecule has 0 atom stereocenters. The molecule has 0 N–H and O–H groups in total. The van der Waals surface area contributed by atoms with Crippen molar-refractivity contribution >= 4 is 16.7 Å². The number of aryl methyl sites for hydroxylation is 2. The molecule has 0 aliphatic heterocycles. The van der Waals surface area contributed by atoms with Crippen LogP contribution < -0.4 is 0 Å². The lowest BCUT2D eigenvalue weighted by Crippen LogP contribution is -1.93. The van der Waals surface area contributed by atoms with Crippen molar-refractivity contribution in [1.29, 1.82) is 0 Å². The number of nitrogens with zero attached hydrogens (tertiary/aromatic N) is 6. The van der Waals surface area contributed by atoms with Crippen LogP contribution in [0.5, 0.6) is 0 Å². The summed E-state index contributed by atoms with van der Waals surface area (Å²) in [5.74, 6) is 0.569. The van der Waals surface area contributed by atoms with E-state index in [4.69, 9.17) is 9.10 Å². The molecule has 6 heteroatoms. The molecule has 0 aliphatic rings. The van der Waals surface area contributed by atoms with E-state index in [1.807, 2.05) is 53.9 Å². The summed E-state index contributed by atoms with van der Waals surface area (Å²) in [6.45, 7) is -0.389. The van der Waals surface area contributed by atoms with E-state index in [0.29, 0.717) is 11.3 Å². The van der Waals surface area contributed by atoms with Gasteiger partial charge in [0.25, 0.3) is 0 Å². The third-order valence-corrected chi connectivity index (χ3v) is 4.38. The first-order chi connectivity index (χ1) is 13.9. The predicted octanol–water partition coefficient (Wildman–Crippen LogP) is 3.65. The number of benzene rings is 1. The van der Waals surface area contributed by atoms with Gasteiger partial charge in [-0.15, -0.1) is 0 Å². The van der Waals surface area contributed by atoms with Crippen molar-refractivity contribution in [3.63, 3.8) is 0 Å². The molecule has 1 aromatic carbocycles. The minimum Gasteiger partial charge on any atom is -0.283 e. The lowest BCUT2D eigenvalue weighted by molar-refractivity contribution is 0.797. The Bertz CT molecular complexity index is 1370. The molecule has 0 saturated carbocycles. The van der Waals surface area contributed by atoms with E-state index in [-0.39, 0.29) is 0 Å². The number of hydrogen-bond donors (Lipinski definition) is 0. The van der Waals surface area contributed by atoms with Crippen LogP contribution in [0.15, 0.2) is 61.1 Å². The Morgan fingerprint density at radius 3 is 2.92 bits per heavy atom. The van der Waals surface area contributed by atoms with E-state index in [0.717, 1.165) is 38.4 Å². The van der Waals surface area contributed by atoms with Crippen molar-refractivity contribution in [3.05, 3.63) is 66.7 Å². The Morgan fingerprint density at radius 2 is 2.04 bits per heavy atom. The largest absolute Gasteiger partial charge is 0.283 e. The van der Waals surface area contributed by atoms with Gasteiger partial charge in [-0.25, -0.2) is 9.97 Å². The summed E-state index contributed by atoms with van der Waals surface area (Å²) < 4.78 is 25.9. The Balaban J connectivity index is 1.77. The van der Waals surface area contributed by atoms with Gasteiger partial charge in [-0.3, -0.25) is 14.1 Å². The number of aromatic nitrogens is 6. The van der Waals surface area contributed by atoms with Crippen LogP contribution in [0.4, 0.5) is 0 Å². The van der Waals surface area contributed by atoms with Crippen LogP contribution in [0.3, 0.4) is 0 Å². The average Bonchev–Trinajstić information content (AvgIpc) is 3.28. The molecule has 6 nitrogen and oxygen atoms in total. The second-order valence-electron chi connectivity index (χ2n) is 6.09. The highest BCUT2D eigenvalue weighted by Crippen LogP contribution is 2.33. The van der Waals surface area contributed by atoms with Crippen molar-refractivity contribution in [1.82, 2.24) is 29.1 Å². The van der Waals surface area contributed by atoms with Gasteiger partial charge in [-0.1, -0.05) is 12.1 Å². The van der Waals surface area contributed by atoms with Gasteiger partial charge in [0.2, 0.25) is 5.78 Å². The molecule has 4 heterocycles. The first-order valence-corrected chi connectivity index (χ1v) is 8.17. The summed E-state index contributed by atoms with van der Waals surface area (Å²) >= 11 is 0. The summed E-state index contributed by atoms with van der Waals surface area (Å²) in [5, 5.41) is 4.79. The Hall–Kier alpha value is -3.54. The van der Waals surface area contributed by atoms with Crippen molar-refractivity contribution in [3.8, 4) is 22.6 Å². The van der Waals surface area contributed by atoms with Gasteiger partial charge in [0.15, 0.2) is 0 Å². The molecule has 0 fully saturated rings. The fourth-order valence-corrected chi connectivity index (χ4v) is 3.20. The average molecular weight is 343 g/mol. The minimum absolute atomic E-state index is 0.552. The van der Waals surface area contributed by atoms with Crippen molar-refractivity contribution < 1.29 is 4.11 Å². The zero-order chi connectivity index (χ0) is 20.2. The van der Waals surface area contributed by atoms with E-state index in [9.17, 15) is 0 Å². The van der Waals surface area contributed by atoms with Gasteiger partial charge in [0.05, 0.1) is 23.1 Å². The second kappa shape index (κ2) is 5.49.